The zero-order chi connectivity index (χ0) is 11.4. The molecule has 0 spiro atoms. The van der Waals surface area contributed by atoms with Crippen molar-refractivity contribution >= 4 is 5.91 Å². The van der Waals surface area contributed by atoms with Gasteiger partial charge in [-0.2, -0.15) is 5.10 Å². The van der Waals surface area contributed by atoms with Gasteiger partial charge in [0.2, 0.25) is 0 Å². The first-order valence-corrected chi connectivity index (χ1v) is 5.20. The van der Waals surface area contributed by atoms with Crippen molar-refractivity contribution in [2.75, 3.05) is 6.54 Å². The number of hydrogen-bond donors (Lipinski definition) is 2. The van der Waals surface area contributed by atoms with Crippen LogP contribution in [0.1, 0.15) is 17.3 Å². The molecule has 2 aromatic rings. The van der Waals surface area contributed by atoms with Gasteiger partial charge in [-0.25, -0.2) is 0 Å². The molecule has 1 amide bonds. The molecule has 0 aliphatic carbocycles. The number of carbonyl (C=O) groups is 1. The Balaban J connectivity index is 2.42. The van der Waals surface area contributed by atoms with Gasteiger partial charge in [0.25, 0.3) is 5.91 Å². The Morgan fingerprint density at radius 2 is 2.19 bits per heavy atom. The minimum Gasteiger partial charge on any atom is -0.352 e. The zero-order valence-electron chi connectivity index (χ0n) is 9.03. The van der Waals surface area contributed by atoms with Crippen molar-refractivity contribution in [1.82, 2.24) is 15.5 Å². The molecule has 0 aliphatic rings. The predicted octanol–water partition coefficient (Wildman–Crippen LogP) is 1.83. The van der Waals surface area contributed by atoms with Gasteiger partial charge >= 0.3 is 0 Å². The van der Waals surface area contributed by atoms with E-state index in [1.807, 2.05) is 31.2 Å². The van der Waals surface area contributed by atoms with E-state index in [0.717, 1.165) is 11.3 Å². The van der Waals surface area contributed by atoms with E-state index in [2.05, 4.69) is 15.5 Å². The summed E-state index contributed by atoms with van der Waals surface area (Å²) in [7, 11) is 0. The Kier molecular flexibility index (Phi) is 3.00. The molecule has 0 fully saturated rings. The average Bonchev–Trinajstić information content (AvgIpc) is 2.83. The van der Waals surface area contributed by atoms with Gasteiger partial charge < -0.3 is 5.32 Å². The topological polar surface area (TPSA) is 57.8 Å². The number of hydrogen-bond acceptors (Lipinski definition) is 2. The second kappa shape index (κ2) is 4.61. The summed E-state index contributed by atoms with van der Waals surface area (Å²) in [5.41, 5.74) is 2.38. The largest absolute Gasteiger partial charge is 0.352 e. The van der Waals surface area contributed by atoms with Crippen molar-refractivity contribution in [2.24, 2.45) is 0 Å². The number of aromatic amines is 1. The van der Waals surface area contributed by atoms with Crippen LogP contribution in [-0.4, -0.2) is 22.6 Å². The number of benzene rings is 1. The van der Waals surface area contributed by atoms with Crippen LogP contribution in [-0.2, 0) is 0 Å². The maximum Gasteiger partial charge on any atom is 0.251 e. The molecule has 0 atom stereocenters. The molecule has 2 N–H and O–H groups in total. The van der Waals surface area contributed by atoms with Crippen LogP contribution in [0.5, 0.6) is 0 Å². The fraction of sp³-hybridized carbons (Fsp3) is 0.167. The molecule has 0 bridgehead atoms. The Morgan fingerprint density at radius 1 is 1.38 bits per heavy atom. The third-order valence-corrected chi connectivity index (χ3v) is 2.30. The molecule has 0 unspecified atom stereocenters. The molecule has 4 heteroatoms. The van der Waals surface area contributed by atoms with Crippen LogP contribution in [0.2, 0.25) is 0 Å². The average molecular weight is 215 g/mol. The van der Waals surface area contributed by atoms with Crippen molar-refractivity contribution in [3.8, 4) is 11.3 Å². The first-order chi connectivity index (χ1) is 7.83. The van der Waals surface area contributed by atoms with E-state index in [1.54, 1.807) is 12.3 Å². The fourth-order valence-electron chi connectivity index (χ4n) is 1.58. The van der Waals surface area contributed by atoms with Crippen LogP contribution >= 0.6 is 0 Å². The van der Waals surface area contributed by atoms with Gasteiger partial charge in [-0.05, 0) is 19.1 Å². The van der Waals surface area contributed by atoms with Gasteiger partial charge in [0.15, 0.2) is 0 Å². The van der Waals surface area contributed by atoms with Crippen molar-refractivity contribution < 1.29 is 4.79 Å². The van der Waals surface area contributed by atoms with Crippen LogP contribution in [0.25, 0.3) is 11.3 Å². The predicted molar refractivity (Wildman–Crippen MR) is 62.0 cm³/mol. The van der Waals surface area contributed by atoms with Gasteiger partial charge in [-0.3, -0.25) is 9.89 Å². The highest BCUT2D eigenvalue weighted by Crippen LogP contribution is 2.20. The molecule has 1 aromatic carbocycles. The van der Waals surface area contributed by atoms with Gasteiger partial charge in [0.1, 0.15) is 0 Å². The molecule has 16 heavy (non-hydrogen) atoms. The first-order valence-electron chi connectivity index (χ1n) is 5.20. The lowest BCUT2D eigenvalue weighted by molar-refractivity contribution is 0.0956. The first kappa shape index (κ1) is 10.4. The van der Waals surface area contributed by atoms with E-state index in [0.29, 0.717) is 12.1 Å². The lowest BCUT2D eigenvalue weighted by atomic mass is 10.0. The smallest absolute Gasteiger partial charge is 0.251 e. The number of H-pyrrole nitrogens is 1. The molecular weight excluding hydrogens is 202 g/mol. The summed E-state index contributed by atoms with van der Waals surface area (Å²) in [6.07, 6.45) is 1.67. The Hall–Kier alpha value is -2.10. The van der Waals surface area contributed by atoms with Crippen molar-refractivity contribution in [1.29, 1.82) is 0 Å². The molecule has 1 heterocycles. The van der Waals surface area contributed by atoms with Crippen molar-refractivity contribution in [3.63, 3.8) is 0 Å². The molecular formula is C12H13N3O. The quantitative estimate of drug-likeness (QED) is 0.820. The minimum absolute atomic E-state index is 0.0623. The number of aromatic nitrogens is 2. The van der Waals surface area contributed by atoms with Crippen LogP contribution < -0.4 is 5.32 Å². The maximum absolute atomic E-state index is 11.8. The zero-order valence-corrected chi connectivity index (χ0v) is 9.03. The highest BCUT2D eigenvalue weighted by atomic mass is 16.1. The van der Waals surface area contributed by atoms with E-state index in [9.17, 15) is 4.79 Å². The highest BCUT2D eigenvalue weighted by Gasteiger charge is 2.11. The standard InChI is InChI=1S/C12H13N3O/c1-2-13-12(16)10-6-4-3-5-9(10)11-7-8-14-15-11/h3-8H,2H2,1H3,(H,13,16)(H,14,15). The summed E-state index contributed by atoms with van der Waals surface area (Å²) < 4.78 is 0. The normalized spacial score (nSPS) is 10.1. The number of nitrogens with one attached hydrogen (secondary N) is 2. The van der Waals surface area contributed by atoms with E-state index >= 15 is 0 Å². The van der Waals surface area contributed by atoms with Gasteiger partial charge in [-0.15, -0.1) is 0 Å². The third kappa shape index (κ3) is 1.95. The third-order valence-electron chi connectivity index (χ3n) is 2.30. The van der Waals surface area contributed by atoms with Gasteiger partial charge in [0.05, 0.1) is 5.69 Å². The minimum atomic E-state index is -0.0623. The fourth-order valence-corrected chi connectivity index (χ4v) is 1.58. The van der Waals surface area contributed by atoms with Crippen LogP contribution in [0, 0.1) is 0 Å². The molecule has 0 saturated carbocycles. The summed E-state index contributed by atoms with van der Waals surface area (Å²) in [4.78, 5) is 11.8. The summed E-state index contributed by atoms with van der Waals surface area (Å²) >= 11 is 0. The number of rotatable bonds is 3. The van der Waals surface area contributed by atoms with Crippen LogP contribution in [0.15, 0.2) is 36.5 Å². The Bertz CT molecular complexity index is 477. The molecule has 0 radical (unpaired) electrons. The molecule has 1 aromatic heterocycles. The second-order valence-corrected chi connectivity index (χ2v) is 3.38. The summed E-state index contributed by atoms with van der Waals surface area (Å²) in [6, 6.07) is 9.31. The lowest BCUT2D eigenvalue weighted by Gasteiger charge is -2.07. The van der Waals surface area contributed by atoms with Crippen molar-refractivity contribution in [2.45, 2.75) is 6.92 Å². The number of amides is 1. The molecule has 0 saturated heterocycles. The highest BCUT2D eigenvalue weighted by molar-refractivity contribution is 6.00. The van der Waals surface area contributed by atoms with E-state index in [4.69, 9.17) is 0 Å². The summed E-state index contributed by atoms with van der Waals surface area (Å²) in [5.74, 6) is -0.0623. The SMILES string of the molecule is CCNC(=O)c1ccccc1-c1ccn[nH]1. The Labute approximate surface area is 93.7 Å². The summed E-state index contributed by atoms with van der Waals surface area (Å²) in [5, 5.41) is 9.54. The van der Waals surface area contributed by atoms with E-state index < -0.39 is 0 Å². The molecule has 82 valence electrons. The van der Waals surface area contributed by atoms with Gasteiger partial charge in [0, 0.05) is 23.9 Å². The number of carbonyl (C=O) groups excluding carboxylic acids is 1. The second-order valence-electron chi connectivity index (χ2n) is 3.38. The Morgan fingerprint density at radius 3 is 2.88 bits per heavy atom. The monoisotopic (exact) mass is 215 g/mol. The number of nitrogens with zero attached hydrogens (tertiary/aromatic N) is 1. The van der Waals surface area contributed by atoms with Crippen LogP contribution in [0.4, 0.5) is 0 Å². The summed E-state index contributed by atoms with van der Waals surface area (Å²) in [6.45, 7) is 2.52. The van der Waals surface area contributed by atoms with Gasteiger partial charge in [-0.1, -0.05) is 18.2 Å². The van der Waals surface area contributed by atoms with E-state index in [1.165, 1.54) is 0 Å². The molecule has 4 nitrogen and oxygen atoms in total. The van der Waals surface area contributed by atoms with Crippen LogP contribution in [0.3, 0.4) is 0 Å². The lowest BCUT2D eigenvalue weighted by Crippen LogP contribution is -2.23. The maximum atomic E-state index is 11.8. The van der Waals surface area contributed by atoms with Crippen molar-refractivity contribution in [3.05, 3.63) is 42.1 Å². The molecule has 0 aliphatic heterocycles. The molecule has 2 rings (SSSR count). The van der Waals surface area contributed by atoms with E-state index in [-0.39, 0.29) is 5.91 Å².